The lowest BCUT2D eigenvalue weighted by molar-refractivity contribution is 0.0905. The molecule has 1 N–H and O–H groups in total. The summed E-state index contributed by atoms with van der Waals surface area (Å²) in [7, 11) is 0. The van der Waals surface area contributed by atoms with E-state index in [-0.39, 0.29) is 11.9 Å². The van der Waals surface area contributed by atoms with Crippen molar-refractivity contribution < 1.29 is 9.21 Å². The van der Waals surface area contributed by atoms with Gasteiger partial charge in [-0.15, -0.1) is 0 Å². The first kappa shape index (κ1) is 13.1. The number of hydrogen-bond acceptors (Lipinski definition) is 2. The van der Waals surface area contributed by atoms with Crippen LogP contribution in [-0.4, -0.2) is 5.91 Å². The third-order valence-corrected chi connectivity index (χ3v) is 4.19. The number of hydrogen-bond donors (Lipinski definition) is 1. The minimum absolute atomic E-state index is 0.0712. The van der Waals surface area contributed by atoms with Crippen molar-refractivity contribution in [3.05, 3.63) is 72.0 Å². The molecule has 0 aliphatic heterocycles. The molecule has 1 aliphatic carbocycles. The molecule has 1 heterocycles. The molecule has 3 nitrogen and oxygen atoms in total. The van der Waals surface area contributed by atoms with Gasteiger partial charge in [0, 0.05) is 5.39 Å². The normalized spacial score (nSPS) is 15.6. The molecule has 1 aliphatic rings. The summed E-state index contributed by atoms with van der Waals surface area (Å²) in [5.41, 5.74) is 1.91. The van der Waals surface area contributed by atoms with Gasteiger partial charge in [-0.2, -0.15) is 0 Å². The van der Waals surface area contributed by atoms with Gasteiger partial charge in [-0.25, -0.2) is 0 Å². The van der Waals surface area contributed by atoms with E-state index in [2.05, 4.69) is 17.4 Å². The van der Waals surface area contributed by atoms with Crippen molar-refractivity contribution in [1.29, 1.82) is 0 Å². The quantitative estimate of drug-likeness (QED) is 0.778. The summed E-state index contributed by atoms with van der Waals surface area (Å²) in [5.74, 6) is 0.774. The van der Waals surface area contributed by atoms with Crippen LogP contribution in [0.4, 0.5) is 0 Å². The lowest BCUT2D eigenvalue weighted by Crippen LogP contribution is -2.29. The van der Waals surface area contributed by atoms with Crippen LogP contribution in [0.15, 0.2) is 65.1 Å². The predicted molar refractivity (Wildman–Crippen MR) is 85.6 cm³/mol. The van der Waals surface area contributed by atoms with Gasteiger partial charge in [0.2, 0.25) is 0 Å². The summed E-state index contributed by atoms with van der Waals surface area (Å²) in [6.45, 7) is 0. The summed E-state index contributed by atoms with van der Waals surface area (Å²) in [6, 6.07) is 19.7. The molecule has 1 unspecified atom stereocenters. The van der Waals surface area contributed by atoms with Crippen LogP contribution >= 0.6 is 0 Å². The van der Waals surface area contributed by atoms with E-state index in [4.69, 9.17) is 4.42 Å². The fourth-order valence-corrected chi connectivity index (χ4v) is 2.87. The van der Waals surface area contributed by atoms with Crippen LogP contribution < -0.4 is 5.32 Å². The first-order valence-corrected chi connectivity index (χ1v) is 7.65. The number of carbonyl (C=O) groups is 1. The Balaban J connectivity index is 1.59. The molecule has 2 aromatic carbocycles. The van der Waals surface area contributed by atoms with Crippen molar-refractivity contribution in [2.24, 2.45) is 5.92 Å². The highest BCUT2D eigenvalue weighted by Crippen LogP contribution is 2.41. The van der Waals surface area contributed by atoms with Gasteiger partial charge in [-0.3, -0.25) is 4.79 Å². The maximum absolute atomic E-state index is 12.5. The van der Waals surface area contributed by atoms with E-state index in [1.165, 1.54) is 12.8 Å². The molecule has 0 saturated heterocycles. The molecule has 3 heteroatoms. The Morgan fingerprint density at radius 1 is 1.05 bits per heavy atom. The largest absolute Gasteiger partial charge is 0.451 e. The topological polar surface area (TPSA) is 42.2 Å². The summed E-state index contributed by atoms with van der Waals surface area (Å²) in [4.78, 5) is 12.5. The first-order valence-electron chi connectivity index (χ1n) is 7.65. The minimum Gasteiger partial charge on any atom is -0.451 e. The summed E-state index contributed by atoms with van der Waals surface area (Å²) in [5, 5.41) is 4.09. The summed E-state index contributed by atoms with van der Waals surface area (Å²) >= 11 is 0. The molecular weight excluding hydrogens is 274 g/mol. The number of rotatable bonds is 4. The van der Waals surface area contributed by atoms with Gasteiger partial charge in [0.1, 0.15) is 5.58 Å². The van der Waals surface area contributed by atoms with Gasteiger partial charge in [0.05, 0.1) is 6.04 Å². The van der Waals surface area contributed by atoms with Crippen LogP contribution in [0.25, 0.3) is 11.0 Å². The van der Waals surface area contributed by atoms with Crippen molar-refractivity contribution in [2.45, 2.75) is 18.9 Å². The average molecular weight is 291 g/mol. The zero-order chi connectivity index (χ0) is 14.9. The Hall–Kier alpha value is -2.55. The third-order valence-electron chi connectivity index (χ3n) is 4.19. The van der Waals surface area contributed by atoms with Crippen LogP contribution in [0.1, 0.15) is 35.0 Å². The van der Waals surface area contributed by atoms with Crippen molar-refractivity contribution in [2.75, 3.05) is 0 Å². The number of nitrogens with one attached hydrogen (secondary N) is 1. The minimum atomic E-state index is -0.142. The van der Waals surface area contributed by atoms with E-state index in [1.54, 1.807) is 6.07 Å². The van der Waals surface area contributed by atoms with Gasteiger partial charge < -0.3 is 9.73 Å². The van der Waals surface area contributed by atoms with Gasteiger partial charge in [0.25, 0.3) is 5.91 Å². The molecule has 0 bridgehead atoms. The Kier molecular flexibility index (Phi) is 3.19. The van der Waals surface area contributed by atoms with Crippen molar-refractivity contribution >= 4 is 16.9 Å². The lowest BCUT2D eigenvalue weighted by atomic mass is 10.0. The smallest absolute Gasteiger partial charge is 0.287 e. The molecule has 110 valence electrons. The molecule has 1 amide bonds. The van der Waals surface area contributed by atoms with Crippen molar-refractivity contribution in [3.63, 3.8) is 0 Å². The van der Waals surface area contributed by atoms with E-state index >= 15 is 0 Å². The number of benzene rings is 2. The van der Waals surface area contributed by atoms with Gasteiger partial charge in [-0.05, 0) is 36.5 Å². The van der Waals surface area contributed by atoms with Crippen LogP contribution in [0.3, 0.4) is 0 Å². The lowest BCUT2D eigenvalue weighted by Gasteiger charge is -2.18. The molecule has 1 saturated carbocycles. The molecule has 0 radical (unpaired) electrons. The zero-order valence-electron chi connectivity index (χ0n) is 12.2. The number of furan rings is 1. The van der Waals surface area contributed by atoms with E-state index in [0.717, 1.165) is 16.5 Å². The second-order valence-corrected chi connectivity index (χ2v) is 5.85. The summed E-state index contributed by atoms with van der Waals surface area (Å²) < 4.78 is 5.65. The van der Waals surface area contributed by atoms with Gasteiger partial charge in [0.15, 0.2) is 5.76 Å². The van der Waals surface area contributed by atoms with Gasteiger partial charge >= 0.3 is 0 Å². The zero-order valence-corrected chi connectivity index (χ0v) is 12.2. The molecule has 4 rings (SSSR count). The molecule has 3 aromatic rings. The van der Waals surface area contributed by atoms with Crippen LogP contribution in [-0.2, 0) is 0 Å². The van der Waals surface area contributed by atoms with E-state index < -0.39 is 0 Å². The van der Waals surface area contributed by atoms with E-state index in [1.807, 2.05) is 42.5 Å². The van der Waals surface area contributed by atoms with E-state index in [9.17, 15) is 4.79 Å². The van der Waals surface area contributed by atoms with E-state index in [0.29, 0.717) is 11.7 Å². The second kappa shape index (κ2) is 5.34. The number of carbonyl (C=O) groups excluding carboxylic acids is 1. The van der Waals surface area contributed by atoms with Crippen LogP contribution in [0, 0.1) is 5.92 Å². The predicted octanol–water partition coefficient (Wildman–Crippen LogP) is 4.31. The fourth-order valence-electron chi connectivity index (χ4n) is 2.87. The Labute approximate surface area is 128 Å². The maximum atomic E-state index is 12.5. The highest BCUT2D eigenvalue weighted by molar-refractivity contribution is 5.96. The summed E-state index contributed by atoms with van der Waals surface area (Å²) in [6.07, 6.45) is 2.33. The first-order chi connectivity index (χ1) is 10.8. The highest BCUT2D eigenvalue weighted by Gasteiger charge is 2.33. The Bertz CT molecular complexity index is 769. The molecule has 22 heavy (non-hydrogen) atoms. The number of para-hydroxylation sites is 1. The maximum Gasteiger partial charge on any atom is 0.287 e. The second-order valence-electron chi connectivity index (χ2n) is 5.85. The molecular formula is C19H17NO2. The molecule has 1 atom stereocenters. The molecule has 1 fully saturated rings. The van der Waals surface area contributed by atoms with Crippen molar-refractivity contribution in [1.82, 2.24) is 5.32 Å². The standard InChI is InChI=1S/C19H17NO2/c21-19(17-12-15-8-4-5-9-16(15)22-17)20-18(14-10-11-14)13-6-2-1-3-7-13/h1-9,12,14,18H,10-11H2,(H,20,21). The SMILES string of the molecule is O=C(NC(c1ccccc1)C1CC1)c1cc2ccccc2o1. The van der Waals surface area contributed by atoms with Crippen LogP contribution in [0.2, 0.25) is 0 Å². The Morgan fingerprint density at radius 2 is 1.77 bits per heavy atom. The highest BCUT2D eigenvalue weighted by atomic mass is 16.3. The van der Waals surface area contributed by atoms with Crippen molar-refractivity contribution in [3.8, 4) is 0 Å². The average Bonchev–Trinajstić information content (AvgIpc) is 3.30. The molecule has 0 spiro atoms. The number of amides is 1. The fraction of sp³-hybridized carbons (Fsp3) is 0.211. The Morgan fingerprint density at radius 3 is 2.50 bits per heavy atom. The van der Waals surface area contributed by atoms with Crippen LogP contribution in [0.5, 0.6) is 0 Å². The third kappa shape index (κ3) is 2.50. The molecule has 1 aromatic heterocycles. The monoisotopic (exact) mass is 291 g/mol. The van der Waals surface area contributed by atoms with Gasteiger partial charge in [-0.1, -0.05) is 48.5 Å². The number of fused-ring (bicyclic) bond motifs is 1.